The van der Waals surface area contributed by atoms with E-state index in [9.17, 15) is 13.2 Å². The predicted molar refractivity (Wildman–Crippen MR) is 90.2 cm³/mol. The van der Waals surface area contributed by atoms with Crippen LogP contribution in [0.3, 0.4) is 0 Å². The number of hydrogen-bond donors (Lipinski definition) is 2. The van der Waals surface area contributed by atoms with Crippen LogP contribution in [0.2, 0.25) is 0 Å². The summed E-state index contributed by atoms with van der Waals surface area (Å²) in [4.78, 5) is 11.8. The molecule has 1 aliphatic rings. The zero-order valence-electron chi connectivity index (χ0n) is 13.9. The number of rotatable bonds is 11. The standard InChI is InChI=1S/C16H32N2O3S/c1-2-3-4-5-6-7-8-11-14-22(20,21)18-15-12-9-10-13-17-16(15)19/h15,18H,2-14H2,1H3,(H,17,19)/t15-/m0/s1. The molecule has 2 N–H and O–H groups in total. The van der Waals surface area contributed by atoms with Crippen molar-refractivity contribution in [1.29, 1.82) is 0 Å². The maximum atomic E-state index is 12.0. The first-order chi connectivity index (χ1) is 10.5. The van der Waals surface area contributed by atoms with Gasteiger partial charge in [-0.15, -0.1) is 0 Å². The Balaban J connectivity index is 2.16. The molecule has 0 aliphatic carbocycles. The van der Waals surface area contributed by atoms with Crippen LogP contribution in [0, 0.1) is 0 Å². The van der Waals surface area contributed by atoms with Gasteiger partial charge >= 0.3 is 0 Å². The number of nitrogens with one attached hydrogen (secondary N) is 2. The lowest BCUT2D eigenvalue weighted by atomic mass is 10.1. The van der Waals surface area contributed by atoms with Gasteiger partial charge in [0.1, 0.15) is 6.04 Å². The van der Waals surface area contributed by atoms with Crippen LogP contribution in [0.15, 0.2) is 0 Å². The van der Waals surface area contributed by atoms with Crippen LogP contribution in [-0.2, 0) is 14.8 Å². The molecule has 22 heavy (non-hydrogen) atoms. The van der Waals surface area contributed by atoms with Crippen LogP contribution in [0.1, 0.15) is 77.6 Å². The van der Waals surface area contributed by atoms with Gasteiger partial charge in [-0.1, -0.05) is 51.9 Å². The number of carbonyl (C=O) groups is 1. The van der Waals surface area contributed by atoms with Crippen molar-refractivity contribution in [3.63, 3.8) is 0 Å². The third-order valence-corrected chi connectivity index (χ3v) is 5.59. The maximum Gasteiger partial charge on any atom is 0.238 e. The average Bonchev–Trinajstić information content (AvgIpc) is 2.67. The van der Waals surface area contributed by atoms with E-state index in [4.69, 9.17) is 0 Å². The van der Waals surface area contributed by atoms with Gasteiger partial charge in [0.2, 0.25) is 15.9 Å². The molecule has 0 aromatic heterocycles. The van der Waals surface area contributed by atoms with Crippen LogP contribution in [0.25, 0.3) is 0 Å². The Morgan fingerprint density at radius 2 is 1.68 bits per heavy atom. The van der Waals surface area contributed by atoms with E-state index in [0.29, 0.717) is 19.4 Å². The molecule has 1 heterocycles. The SMILES string of the molecule is CCCCCCCCCCS(=O)(=O)N[C@H]1CCCCNC1=O. The van der Waals surface area contributed by atoms with Gasteiger partial charge in [-0.3, -0.25) is 4.79 Å². The summed E-state index contributed by atoms with van der Waals surface area (Å²) in [5, 5.41) is 2.75. The number of carbonyl (C=O) groups excluding carboxylic acids is 1. The van der Waals surface area contributed by atoms with Gasteiger partial charge in [0.25, 0.3) is 0 Å². The lowest BCUT2D eigenvalue weighted by Crippen LogP contribution is -2.46. The van der Waals surface area contributed by atoms with E-state index in [1.165, 1.54) is 32.1 Å². The summed E-state index contributed by atoms with van der Waals surface area (Å²) < 4.78 is 26.6. The highest BCUT2D eigenvalue weighted by atomic mass is 32.2. The molecule has 1 fully saturated rings. The number of unbranched alkanes of at least 4 members (excludes halogenated alkanes) is 7. The van der Waals surface area contributed by atoms with E-state index in [2.05, 4.69) is 17.0 Å². The second-order valence-corrected chi connectivity index (χ2v) is 8.12. The molecule has 5 nitrogen and oxygen atoms in total. The molecule has 1 amide bonds. The van der Waals surface area contributed by atoms with Gasteiger partial charge in [0.05, 0.1) is 5.75 Å². The van der Waals surface area contributed by atoms with E-state index in [1.807, 2.05) is 0 Å². The molecule has 130 valence electrons. The Morgan fingerprint density at radius 3 is 2.36 bits per heavy atom. The van der Waals surface area contributed by atoms with E-state index in [-0.39, 0.29) is 11.7 Å². The largest absolute Gasteiger partial charge is 0.355 e. The molecule has 1 saturated heterocycles. The van der Waals surface area contributed by atoms with Crippen LogP contribution < -0.4 is 10.0 Å². The summed E-state index contributed by atoms with van der Waals surface area (Å²) in [5.41, 5.74) is 0. The van der Waals surface area contributed by atoms with Crippen LogP contribution in [0.4, 0.5) is 0 Å². The first-order valence-electron chi connectivity index (χ1n) is 8.83. The molecular weight excluding hydrogens is 300 g/mol. The van der Waals surface area contributed by atoms with Crippen LogP contribution in [-0.4, -0.2) is 32.7 Å². The number of hydrogen-bond acceptors (Lipinski definition) is 3. The summed E-state index contributed by atoms with van der Waals surface area (Å²) >= 11 is 0. The van der Waals surface area contributed by atoms with E-state index < -0.39 is 16.1 Å². The highest BCUT2D eigenvalue weighted by Crippen LogP contribution is 2.10. The third-order valence-electron chi connectivity index (χ3n) is 4.12. The zero-order valence-corrected chi connectivity index (χ0v) is 14.7. The molecular formula is C16H32N2O3S. The molecule has 0 bridgehead atoms. The topological polar surface area (TPSA) is 75.3 Å². The molecule has 0 unspecified atom stereocenters. The zero-order chi connectivity index (χ0) is 16.3. The molecule has 1 atom stereocenters. The van der Waals surface area contributed by atoms with Gasteiger partial charge in [0, 0.05) is 6.54 Å². The Hall–Kier alpha value is -0.620. The van der Waals surface area contributed by atoms with E-state index >= 15 is 0 Å². The third kappa shape index (κ3) is 8.73. The number of amides is 1. The Kier molecular flexibility index (Phi) is 9.71. The lowest BCUT2D eigenvalue weighted by Gasteiger charge is -2.15. The fraction of sp³-hybridized carbons (Fsp3) is 0.938. The Labute approximate surface area is 135 Å². The van der Waals surface area contributed by atoms with Gasteiger partial charge in [0.15, 0.2) is 0 Å². The molecule has 6 heteroatoms. The van der Waals surface area contributed by atoms with E-state index in [0.717, 1.165) is 25.7 Å². The van der Waals surface area contributed by atoms with Crippen LogP contribution in [0.5, 0.6) is 0 Å². The highest BCUT2D eigenvalue weighted by Gasteiger charge is 2.25. The highest BCUT2D eigenvalue weighted by molar-refractivity contribution is 7.89. The minimum atomic E-state index is -3.34. The van der Waals surface area contributed by atoms with Gasteiger partial charge in [-0.05, 0) is 25.7 Å². The van der Waals surface area contributed by atoms with Gasteiger partial charge < -0.3 is 5.32 Å². The molecule has 0 aromatic rings. The lowest BCUT2D eigenvalue weighted by molar-refractivity contribution is -0.122. The summed E-state index contributed by atoms with van der Waals surface area (Å²) in [5.74, 6) is -0.0526. The summed E-state index contributed by atoms with van der Waals surface area (Å²) in [6.07, 6.45) is 11.4. The molecule has 1 rings (SSSR count). The van der Waals surface area contributed by atoms with Gasteiger partial charge in [-0.2, -0.15) is 0 Å². The quantitative estimate of drug-likeness (QED) is 0.571. The first-order valence-corrected chi connectivity index (χ1v) is 10.5. The molecule has 0 saturated carbocycles. The van der Waals surface area contributed by atoms with Crippen molar-refractivity contribution in [2.24, 2.45) is 0 Å². The minimum Gasteiger partial charge on any atom is -0.355 e. The second-order valence-electron chi connectivity index (χ2n) is 6.25. The molecule has 0 spiro atoms. The van der Waals surface area contributed by atoms with Crippen molar-refractivity contribution < 1.29 is 13.2 Å². The minimum absolute atomic E-state index is 0.131. The van der Waals surface area contributed by atoms with Crippen molar-refractivity contribution in [2.75, 3.05) is 12.3 Å². The van der Waals surface area contributed by atoms with Gasteiger partial charge in [-0.25, -0.2) is 13.1 Å². The first kappa shape index (κ1) is 19.4. The molecule has 0 aromatic carbocycles. The normalized spacial score (nSPS) is 19.7. The van der Waals surface area contributed by atoms with Crippen molar-refractivity contribution in [2.45, 2.75) is 83.6 Å². The average molecular weight is 333 g/mol. The smallest absolute Gasteiger partial charge is 0.238 e. The predicted octanol–water partition coefficient (Wildman–Crippen LogP) is 2.72. The van der Waals surface area contributed by atoms with Crippen molar-refractivity contribution in [3.05, 3.63) is 0 Å². The fourth-order valence-electron chi connectivity index (χ4n) is 2.75. The second kappa shape index (κ2) is 11.0. The maximum absolute atomic E-state index is 12.0. The Bertz CT molecular complexity index is 410. The summed E-state index contributed by atoms with van der Waals surface area (Å²) in [6.45, 7) is 2.85. The fourth-order valence-corrected chi connectivity index (χ4v) is 4.11. The van der Waals surface area contributed by atoms with E-state index in [1.54, 1.807) is 0 Å². The van der Waals surface area contributed by atoms with Crippen molar-refractivity contribution >= 4 is 15.9 Å². The monoisotopic (exact) mass is 332 g/mol. The molecule has 1 aliphatic heterocycles. The van der Waals surface area contributed by atoms with Crippen molar-refractivity contribution in [3.8, 4) is 0 Å². The molecule has 0 radical (unpaired) electrons. The summed E-state index contributed by atoms with van der Waals surface area (Å²) in [6, 6.07) is -0.582. The summed E-state index contributed by atoms with van der Waals surface area (Å²) in [7, 11) is -3.34. The Morgan fingerprint density at radius 1 is 1.05 bits per heavy atom. The van der Waals surface area contributed by atoms with Crippen LogP contribution >= 0.6 is 0 Å². The van der Waals surface area contributed by atoms with Crippen molar-refractivity contribution in [1.82, 2.24) is 10.0 Å². The number of sulfonamides is 1.